The normalized spacial score (nSPS) is 22.7. The van der Waals surface area contributed by atoms with Gasteiger partial charge in [-0.05, 0) is 26.3 Å². The number of rotatable bonds is 3. The van der Waals surface area contributed by atoms with Crippen LogP contribution in [-0.2, 0) is 4.74 Å². The van der Waals surface area contributed by atoms with E-state index in [1.807, 2.05) is 54.8 Å². The summed E-state index contributed by atoms with van der Waals surface area (Å²) in [6.45, 7) is 6.37. The minimum Gasteiger partial charge on any atom is -0.451 e. The number of carbonyl (C=O) groups is 1. The Kier molecular flexibility index (Phi) is 3.65. The van der Waals surface area contributed by atoms with Gasteiger partial charge in [-0.25, -0.2) is 0 Å². The Morgan fingerprint density at radius 2 is 2.22 bits per heavy atom. The Labute approximate surface area is 140 Å². The third-order valence-corrected chi connectivity index (χ3v) is 6.44. The molecular formula is C18H21NO3S. The number of thioether (sulfide) groups is 1. The van der Waals surface area contributed by atoms with E-state index in [0.717, 1.165) is 48.4 Å². The molecule has 2 aromatic rings. The molecule has 4 rings (SSSR count). The first-order chi connectivity index (χ1) is 11.1. The molecule has 3 heterocycles. The third-order valence-electron chi connectivity index (χ3n) is 4.86. The summed E-state index contributed by atoms with van der Waals surface area (Å²) < 4.78 is 11.7. The van der Waals surface area contributed by atoms with Crippen LogP contribution in [0, 0.1) is 6.92 Å². The van der Waals surface area contributed by atoms with E-state index in [9.17, 15) is 4.79 Å². The summed E-state index contributed by atoms with van der Waals surface area (Å²) in [5, 5.41) is 1.03. The molecular weight excluding hydrogens is 310 g/mol. The molecule has 1 amide bonds. The fourth-order valence-corrected chi connectivity index (χ4v) is 5.23. The van der Waals surface area contributed by atoms with Crippen LogP contribution in [0.2, 0.25) is 0 Å². The number of likely N-dealkylation sites (tertiary alicyclic amines) is 1. The first-order valence-corrected chi connectivity index (χ1v) is 9.13. The van der Waals surface area contributed by atoms with Crippen LogP contribution in [0.3, 0.4) is 0 Å². The van der Waals surface area contributed by atoms with Crippen molar-refractivity contribution in [1.82, 2.24) is 4.90 Å². The summed E-state index contributed by atoms with van der Waals surface area (Å²) in [4.78, 5) is 14.7. The van der Waals surface area contributed by atoms with Crippen LogP contribution in [0.4, 0.5) is 0 Å². The molecule has 1 spiro atoms. The molecule has 0 N–H and O–H groups in total. The summed E-state index contributed by atoms with van der Waals surface area (Å²) in [5.74, 6) is 1.55. The minimum absolute atomic E-state index is 0.0183. The molecule has 0 aliphatic carbocycles. The topological polar surface area (TPSA) is 42.7 Å². The number of carbonyl (C=O) groups excluding carboxylic acids is 1. The van der Waals surface area contributed by atoms with Crippen molar-refractivity contribution in [2.24, 2.45) is 0 Å². The van der Waals surface area contributed by atoms with E-state index in [0.29, 0.717) is 11.9 Å². The van der Waals surface area contributed by atoms with Crippen LogP contribution in [0.25, 0.3) is 11.0 Å². The third kappa shape index (κ3) is 2.46. The van der Waals surface area contributed by atoms with E-state index in [4.69, 9.17) is 9.15 Å². The highest BCUT2D eigenvalue weighted by molar-refractivity contribution is 8.01. The molecule has 1 atom stereocenters. The highest BCUT2D eigenvalue weighted by Gasteiger charge is 2.51. The van der Waals surface area contributed by atoms with E-state index in [1.165, 1.54) is 0 Å². The van der Waals surface area contributed by atoms with Gasteiger partial charge in [0.15, 0.2) is 5.76 Å². The van der Waals surface area contributed by atoms with Crippen LogP contribution in [0.1, 0.15) is 29.5 Å². The number of ether oxygens (including phenoxy) is 1. The molecule has 0 unspecified atom stereocenters. The van der Waals surface area contributed by atoms with Gasteiger partial charge in [0.1, 0.15) is 5.58 Å². The lowest BCUT2D eigenvalue weighted by molar-refractivity contribution is 0.0341. The van der Waals surface area contributed by atoms with Gasteiger partial charge in [0.05, 0.1) is 10.9 Å². The number of benzene rings is 1. The summed E-state index contributed by atoms with van der Waals surface area (Å²) in [7, 11) is 0. The molecule has 2 aliphatic heterocycles. The van der Waals surface area contributed by atoms with Crippen molar-refractivity contribution in [2.75, 3.05) is 25.4 Å². The van der Waals surface area contributed by atoms with E-state index in [1.54, 1.807) is 0 Å². The van der Waals surface area contributed by atoms with E-state index in [-0.39, 0.29) is 10.7 Å². The Morgan fingerprint density at radius 1 is 1.43 bits per heavy atom. The molecule has 5 heteroatoms. The Bertz CT molecular complexity index is 748. The number of amides is 1. The van der Waals surface area contributed by atoms with E-state index >= 15 is 0 Å². The van der Waals surface area contributed by atoms with Crippen LogP contribution in [-0.4, -0.2) is 47.1 Å². The maximum atomic E-state index is 12.8. The number of nitrogens with zero attached hydrogens (tertiary/aromatic N) is 1. The van der Waals surface area contributed by atoms with Crippen molar-refractivity contribution < 1.29 is 13.9 Å². The monoisotopic (exact) mass is 331 g/mol. The van der Waals surface area contributed by atoms with Gasteiger partial charge in [0.25, 0.3) is 5.91 Å². The van der Waals surface area contributed by atoms with E-state index < -0.39 is 0 Å². The molecule has 23 heavy (non-hydrogen) atoms. The number of aryl methyl sites for hydroxylation is 1. The Balaban J connectivity index is 1.48. The number of hydrogen-bond donors (Lipinski definition) is 0. The molecule has 1 aromatic heterocycles. The van der Waals surface area contributed by atoms with Crippen LogP contribution < -0.4 is 0 Å². The molecule has 4 nitrogen and oxygen atoms in total. The fraction of sp³-hybridized carbons (Fsp3) is 0.500. The Hall–Kier alpha value is -1.46. The van der Waals surface area contributed by atoms with Crippen LogP contribution in [0.5, 0.6) is 0 Å². The SMILES string of the molecule is CCO[C@H]1CSC2(C1)CN(C(=O)c1oc3ccccc3c1C)C2. The van der Waals surface area contributed by atoms with Crippen LogP contribution >= 0.6 is 11.8 Å². The smallest absolute Gasteiger partial charge is 0.289 e. The van der Waals surface area contributed by atoms with Crippen molar-refractivity contribution >= 4 is 28.6 Å². The van der Waals surface area contributed by atoms with Gasteiger partial charge in [-0.15, -0.1) is 11.8 Å². The number of furan rings is 1. The quantitative estimate of drug-likeness (QED) is 0.863. The van der Waals surface area contributed by atoms with Crippen molar-refractivity contribution in [3.8, 4) is 0 Å². The predicted octanol–water partition coefficient (Wildman–Crippen LogP) is 3.48. The maximum Gasteiger partial charge on any atom is 0.289 e. The van der Waals surface area contributed by atoms with Gasteiger partial charge in [0.2, 0.25) is 0 Å². The van der Waals surface area contributed by atoms with Gasteiger partial charge >= 0.3 is 0 Å². The second kappa shape index (κ2) is 5.56. The molecule has 0 bridgehead atoms. The fourth-order valence-electron chi connectivity index (χ4n) is 3.68. The first kappa shape index (κ1) is 15.1. The predicted molar refractivity (Wildman–Crippen MR) is 92.1 cm³/mol. The van der Waals surface area contributed by atoms with Gasteiger partial charge in [-0.2, -0.15) is 0 Å². The molecule has 122 valence electrons. The Morgan fingerprint density at radius 3 is 2.96 bits per heavy atom. The van der Waals surface area contributed by atoms with Crippen molar-refractivity contribution in [3.05, 3.63) is 35.6 Å². The molecule has 2 fully saturated rings. The number of hydrogen-bond acceptors (Lipinski definition) is 4. The molecule has 0 radical (unpaired) electrons. The highest BCUT2D eigenvalue weighted by atomic mass is 32.2. The average molecular weight is 331 g/mol. The van der Waals surface area contributed by atoms with Gasteiger partial charge in [-0.3, -0.25) is 4.79 Å². The zero-order valence-electron chi connectivity index (χ0n) is 13.5. The largest absolute Gasteiger partial charge is 0.451 e. The summed E-state index contributed by atoms with van der Waals surface area (Å²) in [6.07, 6.45) is 1.39. The molecule has 2 aliphatic rings. The number of para-hydroxylation sites is 1. The second-order valence-corrected chi connectivity index (χ2v) is 7.98. The standard InChI is InChI=1S/C18H21NO3S/c1-3-21-13-8-18(23-9-13)10-19(11-18)17(20)16-12(2)14-6-4-5-7-15(14)22-16/h4-7,13H,3,8-11H2,1-2H3/t13-/m1/s1. The first-order valence-electron chi connectivity index (χ1n) is 8.15. The zero-order chi connectivity index (χ0) is 16.0. The average Bonchev–Trinajstić information content (AvgIpc) is 3.08. The lowest BCUT2D eigenvalue weighted by atomic mass is 9.92. The maximum absolute atomic E-state index is 12.8. The summed E-state index contributed by atoms with van der Waals surface area (Å²) in [5.41, 5.74) is 1.73. The van der Waals surface area contributed by atoms with Gasteiger partial charge in [-0.1, -0.05) is 18.2 Å². The van der Waals surface area contributed by atoms with E-state index in [2.05, 4.69) is 0 Å². The number of fused-ring (bicyclic) bond motifs is 1. The highest BCUT2D eigenvalue weighted by Crippen LogP contribution is 2.46. The lowest BCUT2D eigenvalue weighted by Crippen LogP contribution is -2.60. The lowest BCUT2D eigenvalue weighted by Gasteiger charge is -2.47. The molecule has 0 saturated carbocycles. The summed E-state index contributed by atoms with van der Waals surface area (Å²) in [6, 6.07) is 7.82. The van der Waals surface area contributed by atoms with Crippen LogP contribution in [0.15, 0.2) is 28.7 Å². The molecule has 1 aromatic carbocycles. The van der Waals surface area contributed by atoms with Crippen molar-refractivity contribution in [3.63, 3.8) is 0 Å². The zero-order valence-corrected chi connectivity index (χ0v) is 14.3. The van der Waals surface area contributed by atoms with Crippen molar-refractivity contribution in [1.29, 1.82) is 0 Å². The molecule has 2 saturated heterocycles. The van der Waals surface area contributed by atoms with Gasteiger partial charge in [0, 0.05) is 36.4 Å². The second-order valence-electron chi connectivity index (χ2n) is 6.49. The summed E-state index contributed by atoms with van der Waals surface area (Å²) >= 11 is 1.96. The van der Waals surface area contributed by atoms with Gasteiger partial charge < -0.3 is 14.1 Å². The minimum atomic E-state index is 0.0183. The van der Waals surface area contributed by atoms with Crippen molar-refractivity contribution in [2.45, 2.75) is 31.1 Å².